The quantitative estimate of drug-likeness (QED) is 0.821. The Hall–Kier alpha value is -1.96. The molecule has 1 aliphatic rings. The van der Waals surface area contributed by atoms with Crippen LogP contribution in [-0.2, 0) is 0 Å². The van der Waals surface area contributed by atoms with Gasteiger partial charge in [0.2, 0.25) is 0 Å². The van der Waals surface area contributed by atoms with Gasteiger partial charge in [0.05, 0.1) is 7.11 Å². The second-order valence-electron chi connectivity index (χ2n) is 4.94. The van der Waals surface area contributed by atoms with Crippen LogP contribution in [0.2, 0.25) is 0 Å². The molecule has 0 aromatic heterocycles. The first-order chi connectivity index (χ1) is 9.38. The second kappa shape index (κ2) is 5.35. The molecule has 0 unspecified atom stereocenters. The Labute approximate surface area is 114 Å². The Balaban J connectivity index is 1.98. The van der Waals surface area contributed by atoms with Gasteiger partial charge in [-0.2, -0.15) is 0 Å². The van der Waals surface area contributed by atoms with Crippen LogP contribution in [0.5, 0.6) is 5.75 Å². The normalized spacial score (nSPS) is 14.7. The molecule has 0 atom stereocenters. The third-order valence-corrected chi connectivity index (χ3v) is 3.74. The molecule has 1 heterocycles. The first-order valence-corrected chi connectivity index (χ1v) is 6.87. The Morgan fingerprint density at radius 1 is 0.947 bits per heavy atom. The Morgan fingerprint density at radius 2 is 1.68 bits per heavy atom. The van der Waals surface area contributed by atoms with Crippen molar-refractivity contribution in [1.29, 1.82) is 0 Å². The minimum absolute atomic E-state index is 0.954. The zero-order chi connectivity index (χ0) is 13.1. The van der Waals surface area contributed by atoms with Crippen molar-refractivity contribution in [3.63, 3.8) is 0 Å². The summed E-state index contributed by atoms with van der Waals surface area (Å²) >= 11 is 0. The summed E-state index contributed by atoms with van der Waals surface area (Å²) in [6.45, 7) is 2.32. The van der Waals surface area contributed by atoms with E-state index in [2.05, 4.69) is 47.4 Å². The first-order valence-electron chi connectivity index (χ1n) is 6.87. The summed E-state index contributed by atoms with van der Waals surface area (Å²) in [4.78, 5) is 2.43. The van der Waals surface area contributed by atoms with Crippen molar-refractivity contribution in [3.05, 3.63) is 48.5 Å². The van der Waals surface area contributed by atoms with Gasteiger partial charge in [0.25, 0.3) is 0 Å². The summed E-state index contributed by atoms with van der Waals surface area (Å²) in [5, 5.41) is 0. The maximum absolute atomic E-state index is 5.57. The largest absolute Gasteiger partial charge is 0.496 e. The van der Waals surface area contributed by atoms with Crippen LogP contribution in [0, 0.1) is 0 Å². The average Bonchev–Trinajstić information content (AvgIpc) is 3.02. The van der Waals surface area contributed by atoms with Gasteiger partial charge in [0, 0.05) is 30.4 Å². The third kappa shape index (κ3) is 2.43. The summed E-state index contributed by atoms with van der Waals surface area (Å²) in [6.07, 6.45) is 2.59. The standard InChI is InChI=1S/C17H19NO/c1-19-17-13-15(18-11-5-6-12-18)9-10-16(17)14-7-3-2-4-8-14/h2-4,7-10,13H,5-6,11-12H2,1H3. The van der Waals surface area contributed by atoms with Gasteiger partial charge >= 0.3 is 0 Å². The summed E-state index contributed by atoms with van der Waals surface area (Å²) in [5.74, 6) is 0.954. The molecule has 0 N–H and O–H groups in total. The van der Waals surface area contributed by atoms with Crippen LogP contribution in [-0.4, -0.2) is 20.2 Å². The molecule has 1 fully saturated rings. The lowest BCUT2D eigenvalue weighted by Gasteiger charge is -2.19. The van der Waals surface area contributed by atoms with Crippen molar-refractivity contribution >= 4 is 5.69 Å². The van der Waals surface area contributed by atoms with Crippen molar-refractivity contribution in [1.82, 2.24) is 0 Å². The van der Waals surface area contributed by atoms with E-state index in [9.17, 15) is 0 Å². The molecule has 19 heavy (non-hydrogen) atoms. The van der Waals surface area contributed by atoms with E-state index >= 15 is 0 Å². The number of methoxy groups -OCH3 is 1. The number of hydrogen-bond acceptors (Lipinski definition) is 2. The molecule has 2 aromatic rings. The number of nitrogens with zero attached hydrogens (tertiary/aromatic N) is 1. The van der Waals surface area contributed by atoms with E-state index in [4.69, 9.17) is 4.74 Å². The van der Waals surface area contributed by atoms with E-state index in [1.807, 2.05) is 6.07 Å². The van der Waals surface area contributed by atoms with Crippen molar-refractivity contribution in [3.8, 4) is 16.9 Å². The minimum atomic E-state index is 0.954. The lowest BCUT2D eigenvalue weighted by Crippen LogP contribution is -2.17. The predicted octanol–water partition coefficient (Wildman–Crippen LogP) is 3.96. The maximum Gasteiger partial charge on any atom is 0.128 e. The number of anilines is 1. The summed E-state index contributed by atoms with van der Waals surface area (Å²) in [7, 11) is 1.75. The second-order valence-corrected chi connectivity index (χ2v) is 4.94. The third-order valence-electron chi connectivity index (χ3n) is 3.74. The average molecular weight is 253 g/mol. The van der Waals surface area contributed by atoms with Crippen molar-refractivity contribution in [2.24, 2.45) is 0 Å². The van der Waals surface area contributed by atoms with E-state index in [1.54, 1.807) is 7.11 Å². The van der Waals surface area contributed by atoms with Gasteiger partial charge in [0.1, 0.15) is 5.75 Å². The first kappa shape index (κ1) is 12.1. The fraction of sp³-hybridized carbons (Fsp3) is 0.294. The van der Waals surface area contributed by atoms with Crippen LogP contribution in [0.3, 0.4) is 0 Å². The van der Waals surface area contributed by atoms with Crippen LogP contribution < -0.4 is 9.64 Å². The smallest absolute Gasteiger partial charge is 0.128 e. The zero-order valence-electron chi connectivity index (χ0n) is 11.3. The molecule has 3 rings (SSSR count). The van der Waals surface area contributed by atoms with Crippen molar-refractivity contribution in [2.45, 2.75) is 12.8 Å². The lowest BCUT2D eigenvalue weighted by molar-refractivity contribution is 0.416. The molecule has 0 bridgehead atoms. The highest BCUT2D eigenvalue weighted by atomic mass is 16.5. The molecule has 1 saturated heterocycles. The molecular weight excluding hydrogens is 234 g/mol. The highest BCUT2D eigenvalue weighted by molar-refractivity contribution is 5.73. The molecule has 0 amide bonds. The Kier molecular flexibility index (Phi) is 3.41. The Bertz CT molecular complexity index is 544. The fourth-order valence-electron chi connectivity index (χ4n) is 2.71. The molecule has 2 heteroatoms. The predicted molar refractivity (Wildman–Crippen MR) is 79.9 cm³/mol. The molecule has 0 saturated carbocycles. The monoisotopic (exact) mass is 253 g/mol. The molecule has 1 aliphatic heterocycles. The van der Waals surface area contributed by atoms with Gasteiger partial charge < -0.3 is 9.64 Å². The van der Waals surface area contributed by atoms with Crippen molar-refractivity contribution in [2.75, 3.05) is 25.1 Å². The molecule has 0 spiro atoms. The van der Waals surface area contributed by atoms with E-state index in [0.717, 1.165) is 24.4 Å². The minimum Gasteiger partial charge on any atom is -0.496 e. The van der Waals surface area contributed by atoms with Crippen LogP contribution in [0.25, 0.3) is 11.1 Å². The number of hydrogen-bond donors (Lipinski definition) is 0. The maximum atomic E-state index is 5.57. The van der Waals surface area contributed by atoms with Crippen LogP contribution in [0.4, 0.5) is 5.69 Å². The van der Waals surface area contributed by atoms with E-state index < -0.39 is 0 Å². The topological polar surface area (TPSA) is 12.5 Å². The molecule has 0 aliphatic carbocycles. The van der Waals surface area contributed by atoms with Gasteiger partial charge in [0.15, 0.2) is 0 Å². The van der Waals surface area contributed by atoms with Gasteiger partial charge in [-0.25, -0.2) is 0 Å². The van der Waals surface area contributed by atoms with Gasteiger partial charge in [-0.05, 0) is 30.5 Å². The molecule has 98 valence electrons. The summed E-state index contributed by atoms with van der Waals surface area (Å²) in [5.41, 5.74) is 3.63. The summed E-state index contributed by atoms with van der Waals surface area (Å²) in [6, 6.07) is 16.9. The highest BCUT2D eigenvalue weighted by Gasteiger charge is 2.14. The molecule has 2 aromatic carbocycles. The summed E-state index contributed by atoms with van der Waals surface area (Å²) < 4.78 is 5.57. The van der Waals surface area contributed by atoms with E-state index in [-0.39, 0.29) is 0 Å². The van der Waals surface area contributed by atoms with E-state index in [0.29, 0.717) is 0 Å². The SMILES string of the molecule is COc1cc(N2CCCC2)ccc1-c1ccccc1. The zero-order valence-corrected chi connectivity index (χ0v) is 11.3. The molecular formula is C17H19NO. The highest BCUT2D eigenvalue weighted by Crippen LogP contribution is 2.34. The number of rotatable bonds is 3. The fourth-order valence-corrected chi connectivity index (χ4v) is 2.71. The molecule has 2 nitrogen and oxygen atoms in total. The van der Waals surface area contributed by atoms with E-state index in [1.165, 1.54) is 24.1 Å². The molecule has 0 radical (unpaired) electrons. The van der Waals surface area contributed by atoms with Crippen LogP contribution >= 0.6 is 0 Å². The Morgan fingerprint density at radius 3 is 2.37 bits per heavy atom. The lowest BCUT2D eigenvalue weighted by atomic mass is 10.0. The van der Waals surface area contributed by atoms with Gasteiger partial charge in [-0.15, -0.1) is 0 Å². The van der Waals surface area contributed by atoms with Gasteiger partial charge in [-0.3, -0.25) is 0 Å². The number of ether oxygens (including phenoxy) is 1. The number of benzene rings is 2. The van der Waals surface area contributed by atoms with Crippen LogP contribution in [0.1, 0.15) is 12.8 Å². The van der Waals surface area contributed by atoms with Gasteiger partial charge in [-0.1, -0.05) is 30.3 Å². The van der Waals surface area contributed by atoms with Crippen molar-refractivity contribution < 1.29 is 4.74 Å². The van der Waals surface area contributed by atoms with Crippen LogP contribution in [0.15, 0.2) is 48.5 Å².